The van der Waals surface area contributed by atoms with Crippen LogP contribution < -0.4 is 4.90 Å². The van der Waals surface area contributed by atoms with E-state index in [4.69, 9.17) is 34.8 Å². The Kier molecular flexibility index (Phi) is 5.36. The van der Waals surface area contributed by atoms with Crippen LogP contribution in [0.1, 0.15) is 17.2 Å². The van der Waals surface area contributed by atoms with Gasteiger partial charge in [0, 0.05) is 32.2 Å². The molecule has 1 aliphatic rings. The Hall–Kier alpha value is -2.38. The molecule has 0 aliphatic carbocycles. The molecule has 1 fully saturated rings. The molecule has 146 valence electrons. The van der Waals surface area contributed by atoms with Crippen molar-refractivity contribution < 1.29 is 14.7 Å². The molecular formula is C20H11Cl3N2O3S. The van der Waals surface area contributed by atoms with Crippen LogP contribution in [0.25, 0.3) is 5.76 Å². The predicted molar refractivity (Wildman–Crippen MR) is 115 cm³/mol. The fourth-order valence-corrected chi connectivity index (χ4v) is 4.45. The number of carbonyl (C=O) groups excluding carboxylic acids is 2. The highest BCUT2D eigenvalue weighted by Crippen LogP contribution is 2.45. The number of anilines is 1. The number of aliphatic hydroxyl groups excluding tert-OH is 1. The highest BCUT2D eigenvalue weighted by molar-refractivity contribution is 7.14. The van der Waals surface area contributed by atoms with Gasteiger partial charge < -0.3 is 5.11 Å². The third kappa shape index (κ3) is 3.53. The summed E-state index contributed by atoms with van der Waals surface area (Å²) in [5, 5.41) is 14.1. The minimum atomic E-state index is -0.957. The maximum absolute atomic E-state index is 12.9. The number of hydrogen-bond acceptors (Lipinski definition) is 5. The van der Waals surface area contributed by atoms with E-state index in [1.54, 1.807) is 41.8 Å². The van der Waals surface area contributed by atoms with Crippen LogP contribution in [-0.2, 0) is 9.59 Å². The quantitative estimate of drug-likeness (QED) is 0.305. The Labute approximate surface area is 184 Å². The van der Waals surface area contributed by atoms with Crippen molar-refractivity contribution in [1.82, 2.24) is 4.98 Å². The standard InChI is InChI=1S/C20H11Cl3N2O3S/c21-11-3-1-10(2-4-11)17(26)15-16(13-6-5-12(22)9-14(13)23)25(19(28)18(15)27)20-24-7-8-29-20/h1-9,16,26H/t16-/m1/s1. The summed E-state index contributed by atoms with van der Waals surface area (Å²) in [6.07, 6.45) is 1.53. The van der Waals surface area contributed by atoms with Crippen molar-refractivity contribution in [3.8, 4) is 0 Å². The second kappa shape index (κ2) is 7.80. The van der Waals surface area contributed by atoms with Crippen LogP contribution in [-0.4, -0.2) is 21.8 Å². The van der Waals surface area contributed by atoms with Gasteiger partial charge in [0.1, 0.15) is 5.76 Å². The van der Waals surface area contributed by atoms with Crippen LogP contribution in [0.15, 0.2) is 59.6 Å². The molecule has 1 saturated heterocycles. The van der Waals surface area contributed by atoms with Crippen LogP contribution in [0, 0.1) is 0 Å². The van der Waals surface area contributed by atoms with Crippen molar-refractivity contribution in [2.24, 2.45) is 0 Å². The van der Waals surface area contributed by atoms with Gasteiger partial charge in [-0.2, -0.15) is 0 Å². The summed E-state index contributed by atoms with van der Waals surface area (Å²) in [5.41, 5.74) is 0.708. The summed E-state index contributed by atoms with van der Waals surface area (Å²) in [7, 11) is 0. The zero-order chi connectivity index (χ0) is 20.7. The average molecular weight is 466 g/mol. The molecule has 2 aromatic carbocycles. The van der Waals surface area contributed by atoms with Gasteiger partial charge in [-0.3, -0.25) is 14.5 Å². The van der Waals surface area contributed by atoms with Crippen molar-refractivity contribution in [1.29, 1.82) is 0 Å². The molecule has 9 heteroatoms. The first-order chi connectivity index (χ1) is 13.9. The normalized spacial score (nSPS) is 18.4. The Balaban J connectivity index is 1.97. The number of rotatable bonds is 3. The second-order valence-corrected chi connectivity index (χ2v) is 8.31. The fraction of sp³-hybridized carbons (Fsp3) is 0.0500. The molecule has 1 aromatic heterocycles. The number of aromatic nitrogens is 1. The number of ketones is 1. The SMILES string of the molecule is O=C1C(=O)N(c2nccs2)[C@H](c2ccc(Cl)cc2Cl)C1=C(O)c1ccc(Cl)cc1. The second-order valence-electron chi connectivity index (χ2n) is 6.16. The first-order valence-electron chi connectivity index (χ1n) is 8.30. The minimum Gasteiger partial charge on any atom is -0.507 e. The van der Waals surface area contributed by atoms with Gasteiger partial charge in [-0.05, 0) is 42.0 Å². The number of hydrogen-bond donors (Lipinski definition) is 1. The molecule has 0 saturated carbocycles. The summed E-state index contributed by atoms with van der Waals surface area (Å²) in [5.74, 6) is -1.95. The van der Waals surface area contributed by atoms with Crippen molar-refractivity contribution in [3.05, 3.63) is 85.8 Å². The lowest BCUT2D eigenvalue weighted by Crippen LogP contribution is -2.29. The molecule has 5 nitrogen and oxygen atoms in total. The van der Waals surface area contributed by atoms with E-state index >= 15 is 0 Å². The van der Waals surface area contributed by atoms with E-state index in [1.807, 2.05) is 0 Å². The molecule has 3 aromatic rings. The molecule has 1 aliphatic heterocycles. The van der Waals surface area contributed by atoms with Gasteiger partial charge >= 0.3 is 5.91 Å². The lowest BCUT2D eigenvalue weighted by molar-refractivity contribution is -0.132. The van der Waals surface area contributed by atoms with Gasteiger partial charge in [0.2, 0.25) is 0 Å². The maximum atomic E-state index is 12.9. The molecule has 0 unspecified atom stereocenters. The lowest BCUT2D eigenvalue weighted by Gasteiger charge is -2.23. The number of amides is 1. The summed E-state index contributed by atoms with van der Waals surface area (Å²) in [6.45, 7) is 0. The van der Waals surface area contributed by atoms with Crippen molar-refractivity contribution in [2.45, 2.75) is 6.04 Å². The van der Waals surface area contributed by atoms with E-state index in [2.05, 4.69) is 4.98 Å². The Morgan fingerprint density at radius 2 is 1.72 bits per heavy atom. The van der Waals surface area contributed by atoms with Gasteiger partial charge in [0.25, 0.3) is 5.78 Å². The van der Waals surface area contributed by atoms with Gasteiger partial charge in [-0.15, -0.1) is 11.3 Å². The van der Waals surface area contributed by atoms with E-state index < -0.39 is 17.7 Å². The number of thiazole rings is 1. The third-order valence-electron chi connectivity index (χ3n) is 4.44. The number of carbonyl (C=O) groups is 2. The highest BCUT2D eigenvalue weighted by atomic mass is 35.5. The van der Waals surface area contributed by atoms with Crippen molar-refractivity contribution in [2.75, 3.05) is 4.90 Å². The number of nitrogens with zero attached hydrogens (tertiary/aromatic N) is 2. The molecule has 1 amide bonds. The average Bonchev–Trinajstić information content (AvgIpc) is 3.29. The van der Waals surface area contributed by atoms with E-state index in [0.717, 1.165) is 0 Å². The summed E-state index contributed by atoms with van der Waals surface area (Å²) in [4.78, 5) is 31.2. The van der Waals surface area contributed by atoms with E-state index in [-0.39, 0.29) is 16.4 Å². The number of halogens is 3. The van der Waals surface area contributed by atoms with Gasteiger partial charge in [-0.25, -0.2) is 4.98 Å². The molecule has 0 radical (unpaired) electrons. The van der Waals surface area contributed by atoms with E-state index in [9.17, 15) is 14.7 Å². The molecule has 4 rings (SSSR count). The summed E-state index contributed by atoms with van der Waals surface area (Å²) in [6, 6.07) is 10.1. The largest absolute Gasteiger partial charge is 0.507 e. The highest BCUT2D eigenvalue weighted by Gasteiger charge is 2.48. The van der Waals surface area contributed by atoms with E-state index in [1.165, 1.54) is 28.5 Å². The first kappa shape index (κ1) is 19.9. The topological polar surface area (TPSA) is 70.5 Å². The molecule has 0 spiro atoms. The minimum absolute atomic E-state index is 0.0863. The monoisotopic (exact) mass is 464 g/mol. The van der Waals surface area contributed by atoms with E-state index in [0.29, 0.717) is 26.3 Å². The molecule has 1 N–H and O–H groups in total. The zero-order valence-electron chi connectivity index (χ0n) is 14.5. The predicted octanol–water partition coefficient (Wildman–Crippen LogP) is 5.73. The molecule has 2 heterocycles. The van der Waals surface area contributed by atoms with Gasteiger partial charge in [0.05, 0.1) is 11.6 Å². The van der Waals surface area contributed by atoms with Crippen molar-refractivity contribution >= 4 is 68.7 Å². The fourth-order valence-electron chi connectivity index (χ4n) is 3.15. The van der Waals surface area contributed by atoms with Crippen LogP contribution in [0.3, 0.4) is 0 Å². The Morgan fingerprint density at radius 3 is 2.34 bits per heavy atom. The van der Waals surface area contributed by atoms with Crippen LogP contribution in [0.4, 0.5) is 5.13 Å². The van der Waals surface area contributed by atoms with Crippen LogP contribution >= 0.6 is 46.1 Å². The Morgan fingerprint density at radius 1 is 1.03 bits per heavy atom. The lowest BCUT2D eigenvalue weighted by atomic mass is 9.95. The number of Topliss-reactive ketones (excluding diaryl/α,β-unsaturated/α-hetero) is 1. The molecule has 29 heavy (non-hydrogen) atoms. The van der Waals surface area contributed by atoms with Gasteiger partial charge in [0.15, 0.2) is 5.13 Å². The first-order valence-corrected chi connectivity index (χ1v) is 10.3. The number of aliphatic hydroxyl groups is 1. The number of benzene rings is 2. The third-order valence-corrected chi connectivity index (χ3v) is 6.03. The van der Waals surface area contributed by atoms with Crippen LogP contribution in [0.2, 0.25) is 15.1 Å². The summed E-state index contributed by atoms with van der Waals surface area (Å²) >= 11 is 19.5. The summed E-state index contributed by atoms with van der Waals surface area (Å²) < 4.78 is 0. The Bertz CT molecular complexity index is 1140. The van der Waals surface area contributed by atoms with Crippen molar-refractivity contribution in [3.63, 3.8) is 0 Å². The van der Waals surface area contributed by atoms with Crippen LogP contribution in [0.5, 0.6) is 0 Å². The van der Waals surface area contributed by atoms with Gasteiger partial charge in [-0.1, -0.05) is 40.9 Å². The molecule has 0 bridgehead atoms. The molecular weight excluding hydrogens is 455 g/mol. The smallest absolute Gasteiger partial charge is 0.301 e. The zero-order valence-corrected chi connectivity index (χ0v) is 17.6. The molecule has 1 atom stereocenters. The maximum Gasteiger partial charge on any atom is 0.301 e.